The Morgan fingerprint density at radius 3 is 2.52 bits per heavy atom. The molecule has 0 bridgehead atoms. The minimum Gasteiger partial charge on any atom is -0.494 e. The maximum absolute atomic E-state index is 12.9. The lowest BCUT2D eigenvalue weighted by Crippen LogP contribution is -2.17. The normalized spacial score (nSPS) is 13.5. The molecule has 0 aliphatic carbocycles. The molecule has 0 saturated heterocycles. The van der Waals surface area contributed by atoms with Gasteiger partial charge in [0.2, 0.25) is 0 Å². The highest BCUT2D eigenvalue weighted by atomic mass is 32.1. The van der Waals surface area contributed by atoms with Gasteiger partial charge in [0, 0.05) is 24.2 Å². The smallest absolute Gasteiger partial charge is 0.279 e. The second-order valence-electron chi connectivity index (χ2n) is 7.50. The zero-order chi connectivity index (χ0) is 21.6. The van der Waals surface area contributed by atoms with Gasteiger partial charge in [0.15, 0.2) is 16.3 Å². The van der Waals surface area contributed by atoms with Crippen LogP contribution in [0.25, 0.3) is 10.2 Å². The molecule has 7 heteroatoms. The van der Waals surface area contributed by atoms with Crippen LogP contribution in [0.15, 0.2) is 41.4 Å². The average molecular weight is 441 g/mol. The highest BCUT2D eigenvalue weighted by molar-refractivity contribution is 7.16. The number of aryl methyl sites for hydroxylation is 1. The highest BCUT2D eigenvalue weighted by Crippen LogP contribution is 2.35. The van der Waals surface area contributed by atoms with E-state index >= 15 is 0 Å². The Bertz CT molecular complexity index is 1120. The van der Waals surface area contributed by atoms with E-state index in [1.54, 1.807) is 12.1 Å². The van der Waals surface area contributed by atoms with Gasteiger partial charge >= 0.3 is 0 Å². The number of fused-ring (bicyclic) bond motifs is 2. The fraction of sp³-hybridized carbons (Fsp3) is 0.417. The molecule has 0 radical (unpaired) electrons. The first-order valence-corrected chi connectivity index (χ1v) is 11.8. The van der Waals surface area contributed by atoms with E-state index in [4.69, 9.17) is 14.2 Å². The summed E-state index contributed by atoms with van der Waals surface area (Å²) in [4.78, 5) is 18.0. The van der Waals surface area contributed by atoms with Gasteiger partial charge in [-0.3, -0.25) is 4.79 Å². The summed E-state index contributed by atoms with van der Waals surface area (Å²) in [5, 5.41) is 0. The van der Waals surface area contributed by atoms with Crippen LogP contribution in [0, 0.1) is 0 Å². The molecule has 2 aromatic carbocycles. The Labute approximate surface area is 186 Å². The van der Waals surface area contributed by atoms with E-state index in [1.165, 1.54) is 11.3 Å². The minimum absolute atomic E-state index is 0.258. The van der Waals surface area contributed by atoms with Crippen LogP contribution in [0.3, 0.4) is 0 Å². The molecule has 0 unspecified atom stereocenters. The van der Waals surface area contributed by atoms with E-state index in [0.29, 0.717) is 30.2 Å². The van der Waals surface area contributed by atoms with Crippen molar-refractivity contribution in [3.8, 4) is 17.2 Å². The zero-order valence-corrected chi connectivity index (χ0v) is 18.9. The largest absolute Gasteiger partial charge is 0.494 e. The molecule has 0 fully saturated rings. The molecule has 164 valence electrons. The summed E-state index contributed by atoms with van der Waals surface area (Å²) >= 11 is 1.49. The SMILES string of the molecule is CCCCCOc1ccc(C(=O)N=c2sc3cc4c(cc3n2CCC)OCCO4)cc1. The lowest BCUT2D eigenvalue weighted by Gasteiger charge is -2.18. The molecule has 0 N–H and O–H groups in total. The predicted molar refractivity (Wildman–Crippen MR) is 122 cm³/mol. The number of hydrogen-bond donors (Lipinski definition) is 0. The maximum Gasteiger partial charge on any atom is 0.279 e. The number of benzene rings is 2. The number of unbranched alkanes of at least 4 members (excludes halogenated alkanes) is 2. The molecule has 0 saturated carbocycles. The quantitative estimate of drug-likeness (QED) is 0.452. The molecule has 31 heavy (non-hydrogen) atoms. The van der Waals surface area contributed by atoms with Crippen molar-refractivity contribution in [3.05, 3.63) is 46.8 Å². The molecule has 1 aromatic heterocycles. The number of ether oxygens (including phenoxy) is 3. The topological polar surface area (TPSA) is 62.0 Å². The molecule has 1 aliphatic heterocycles. The van der Waals surface area contributed by atoms with Crippen molar-refractivity contribution in [2.45, 2.75) is 46.1 Å². The molecule has 3 aromatic rings. The first kappa shape index (κ1) is 21.4. The average Bonchev–Trinajstić information content (AvgIpc) is 3.11. The summed E-state index contributed by atoms with van der Waals surface area (Å²) in [5.41, 5.74) is 1.56. The number of amides is 1. The van der Waals surface area contributed by atoms with Crippen LogP contribution in [-0.2, 0) is 6.54 Å². The Kier molecular flexibility index (Phi) is 6.92. The first-order valence-electron chi connectivity index (χ1n) is 10.9. The van der Waals surface area contributed by atoms with Gasteiger partial charge in [-0.05, 0) is 37.1 Å². The second-order valence-corrected chi connectivity index (χ2v) is 8.51. The number of carbonyl (C=O) groups excluding carboxylic acids is 1. The van der Waals surface area contributed by atoms with E-state index in [-0.39, 0.29) is 5.91 Å². The van der Waals surface area contributed by atoms with E-state index in [2.05, 4.69) is 23.4 Å². The molecule has 1 amide bonds. The van der Waals surface area contributed by atoms with Crippen LogP contribution >= 0.6 is 11.3 Å². The van der Waals surface area contributed by atoms with E-state index in [9.17, 15) is 4.79 Å². The summed E-state index contributed by atoms with van der Waals surface area (Å²) in [5.74, 6) is 2.01. The number of hydrogen-bond acceptors (Lipinski definition) is 5. The van der Waals surface area contributed by atoms with Crippen molar-refractivity contribution >= 4 is 27.5 Å². The monoisotopic (exact) mass is 440 g/mol. The molecule has 1 aliphatic rings. The Hall–Kier alpha value is -2.80. The van der Waals surface area contributed by atoms with Crippen LogP contribution in [0.1, 0.15) is 49.9 Å². The summed E-state index contributed by atoms with van der Waals surface area (Å²) in [6, 6.07) is 11.2. The van der Waals surface area contributed by atoms with Crippen LogP contribution in [0.5, 0.6) is 17.2 Å². The third kappa shape index (κ3) is 4.93. The Balaban J connectivity index is 1.60. The summed E-state index contributed by atoms with van der Waals surface area (Å²) in [7, 11) is 0. The van der Waals surface area contributed by atoms with Crippen molar-refractivity contribution < 1.29 is 19.0 Å². The van der Waals surface area contributed by atoms with Gasteiger partial charge in [0.1, 0.15) is 19.0 Å². The third-order valence-electron chi connectivity index (χ3n) is 5.11. The van der Waals surface area contributed by atoms with Gasteiger partial charge in [0.25, 0.3) is 5.91 Å². The fourth-order valence-corrected chi connectivity index (χ4v) is 4.58. The molecule has 2 heterocycles. The highest BCUT2D eigenvalue weighted by Gasteiger charge is 2.17. The second kappa shape index (κ2) is 10.0. The van der Waals surface area contributed by atoms with Gasteiger partial charge in [0.05, 0.1) is 16.8 Å². The summed E-state index contributed by atoms with van der Waals surface area (Å²) in [6.45, 7) is 6.84. The maximum atomic E-state index is 12.9. The van der Waals surface area contributed by atoms with Crippen LogP contribution in [-0.4, -0.2) is 30.3 Å². The Morgan fingerprint density at radius 1 is 1.06 bits per heavy atom. The number of carbonyl (C=O) groups is 1. The number of thiazole rings is 1. The Morgan fingerprint density at radius 2 is 1.81 bits per heavy atom. The standard InChI is InChI=1S/C24H28N2O4S/c1-3-5-6-12-28-18-9-7-17(8-10-18)23(27)25-24-26(11-4-2)19-15-20-21(16-22(19)31-24)30-14-13-29-20/h7-10,15-16H,3-6,11-14H2,1-2H3. The fourth-order valence-electron chi connectivity index (χ4n) is 3.52. The predicted octanol–water partition coefficient (Wildman–Crippen LogP) is 5.19. The summed E-state index contributed by atoms with van der Waals surface area (Å²) < 4.78 is 20.3. The van der Waals surface area contributed by atoms with E-state index in [0.717, 1.165) is 59.7 Å². The lowest BCUT2D eigenvalue weighted by molar-refractivity contribution is 0.0997. The van der Waals surface area contributed by atoms with E-state index in [1.807, 2.05) is 24.3 Å². The van der Waals surface area contributed by atoms with Gasteiger partial charge in [-0.2, -0.15) is 4.99 Å². The van der Waals surface area contributed by atoms with Gasteiger partial charge in [-0.15, -0.1) is 0 Å². The molecule has 0 atom stereocenters. The van der Waals surface area contributed by atoms with Crippen LogP contribution in [0.2, 0.25) is 0 Å². The molecular formula is C24H28N2O4S. The van der Waals surface area contributed by atoms with Crippen molar-refractivity contribution in [1.29, 1.82) is 0 Å². The lowest BCUT2D eigenvalue weighted by atomic mass is 10.2. The van der Waals surface area contributed by atoms with Crippen LogP contribution in [0.4, 0.5) is 0 Å². The number of nitrogens with zero attached hydrogens (tertiary/aromatic N) is 2. The molecule has 4 rings (SSSR count). The van der Waals surface area contributed by atoms with Crippen molar-refractivity contribution in [2.24, 2.45) is 4.99 Å². The zero-order valence-electron chi connectivity index (χ0n) is 18.1. The van der Waals surface area contributed by atoms with Crippen LogP contribution < -0.4 is 19.0 Å². The molecule has 0 spiro atoms. The van der Waals surface area contributed by atoms with Crippen molar-refractivity contribution in [1.82, 2.24) is 4.57 Å². The van der Waals surface area contributed by atoms with Gasteiger partial charge in [-0.1, -0.05) is 38.0 Å². The molecule has 6 nitrogen and oxygen atoms in total. The van der Waals surface area contributed by atoms with Crippen molar-refractivity contribution in [2.75, 3.05) is 19.8 Å². The van der Waals surface area contributed by atoms with Crippen molar-refractivity contribution in [3.63, 3.8) is 0 Å². The third-order valence-corrected chi connectivity index (χ3v) is 6.15. The van der Waals surface area contributed by atoms with Gasteiger partial charge < -0.3 is 18.8 Å². The first-order chi connectivity index (χ1) is 15.2. The molecular weight excluding hydrogens is 412 g/mol. The van der Waals surface area contributed by atoms with E-state index < -0.39 is 0 Å². The number of aromatic nitrogens is 1. The minimum atomic E-state index is -0.258. The summed E-state index contributed by atoms with van der Waals surface area (Å²) in [6.07, 6.45) is 4.29. The van der Waals surface area contributed by atoms with Gasteiger partial charge in [-0.25, -0.2) is 0 Å². The number of rotatable bonds is 8.